The molecule has 10 heteroatoms. The van der Waals surface area contributed by atoms with Crippen LogP contribution in [0.25, 0.3) is 6.08 Å². The van der Waals surface area contributed by atoms with E-state index in [2.05, 4.69) is 5.32 Å². The number of benzene rings is 1. The van der Waals surface area contributed by atoms with Crippen LogP contribution in [0.4, 0.5) is 4.79 Å². The zero-order chi connectivity index (χ0) is 20.8. The number of carbonyl (C=O) groups is 4. The Labute approximate surface area is 170 Å². The Hall–Kier alpha value is -2.52. The van der Waals surface area contributed by atoms with Crippen molar-refractivity contribution in [3.8, 4) is 5.75 Å². The van der Waals surface area contributed by atoms with E-state index in [0.29, 0.717) is 12.1 Å². The summed E-state index contributed by atoms with van der Waals surface area (Å²) in [5.41, 5.74) is 0.530. The zero-order valence-corrected chi connectivity index (χ0v) is 16.8. The van der Waals surface area contributed by atoms with E-state index in [4.69, 9.17) is 21.4 Å². The van der Waals surface area contributed by atoms with Crippen LogP contribution in [0.1, 0.15) is 19.4 Å². The summed E-state index contributed by atoms with van der Waals surface area (Å²) in [6.45, 7) is 3.46. The number of aliphatic carboxylic acids is 1. The fraction of sp³-hybridized carbons (Fsp3) is 0.333. The maximum absolute atomic E-state index is 12.4. The smallest absolute Gasteiger partial charge is 0.341 e. The fourth-order valence-electron chi connectivity index (χ4n) is 2.17. The van der Waals surface area contributed by atoms with Crippen molar-refractivity contribution in [2.45, 2.75) is 13.8 Å². The van der Waals surface area contributed by atoms with Crippen LogP contribution in [0.5, 0.6) is 5.75 Å². The van der Waals surface area contributed by atoms with Gasteiger partial charge in [0.1, 0.15) is 12.3 Å². The molecule has 2 N–H and O–H groups in total. The van der Waals surface area contributed by atoms with Gasteiger partial charge in [-0.15, -0.1) is 0 Å². The average Bonchev–Trinajstić information content (AvgIpc) is 2.86. The van der Waals surface area contributed by atoms with Crippen molar-refractivity contribution in [3.05, 3.63) is 33.7 Å². The number of carboxylic acid groups (broad SMARTS) is 1. The third-order valence-electron chi connectivity index (χ3n) is 3.49. The second-order valence-corrected chi connectivity index (χ2v) is 7.74. The largest absolute Gasteiger partial charge is 0.480 e. The molecule has 2 rings (SSSR count). The number of rotatable bonds is 8. The van der Waals surface area contributed by atoms with Gasteiger partial charge in [-0.25, -0.2) is 4.79 Å². The molecule has 1 aromatic carbocycles. The molecule has 0 aromatic heterocycles. The van der Waals surface area contributed by atoms with Crippen LogP contribution >= 0.6 is 23.4 Å². The first-order valence-electron chi connectivity index (χ1n) is 8.33. The number of amides is 3. The van der Waals surface area contributed by atoms with Gasteiger partial charge in [0.2, 0.25) is 5.91 Å². The summed E-state index contributed by atoms with van der Waals surface area (Å²) in [7, 11) is 0. The first-order chi connectivity index (χ1) is 13.2. The number of carbonyl (C=O) groups excluding carboxylic acids is 3. The molecular weight excluding hydrogens is 408 g/mol. The third kappa shape index (κ3) is 6.00. The van der Waals surface area contributed by atoms with Gasteiger partial charge in [0, 0.05) is 6.54 Å². The third-order valence-corrected chi connectivity index (χ3v) is 4.69. The Balaban J connectivity index is 2.07. The number of hydrogen-bond acceptors (Lipinski definition) is 6. The topological polar surface area (TPSA) is 113 Å². The molecule has 0 atom stereocenters. The van der Waals surface area contributed by atoms with Crippen molar-refractivity contribution >= 4 is 52.5 Å². The molecule has 0 bridgehead atoms. The number of ether oxygens (including phenoxy) is 1. The molecule has 8 nitrogen and oxygen atoms in total. The molecule has 1 saturated heterocycles. The highest BCUT2D eigenvalue weighted by atomic mass is 35.5. The van der Waals surface area contributed by atoms with Crippen LogP contribution in [-0.4, -0.2) is 52.7 Å². The summed E-state index contributed by atoms with van der Waals surface area (Å²) in [4.78, 5) is 48.0. The Morgan fingerprint density at radius 1 is 1.36 bits per heavy atom. The highest BCUT2D eigenvalue weighted by Gasteiger charge is 2.36. The predicted octanol–water partition coefficient (Wildman–Crippen LogP) is 2.61. The van der Waals surface area contributed by atoms with E-state index in [1.807, 2.05) is 13.8 Å². The second-order valence-electron chi connectivity index (χ2n) is 6.34. The van der Waals surface area contributed by atoms with Gasteiger partial charge in [0.15, 0.2) is 6.61 Å². The summed E-state index contributed by atoms with van der Waals surface area (Å²) < 4.78 is 5.03. The van der Waals surface area contributed by atoms with E-state index < -0.39 is 29.6 Å². The van der Waals surface area contributed by atoms with Gasteiger partial charge in [-0.1, -0.05) is 31.5 Å². The van der Waals surface area contributed by atoms with Gasteiger partial charge in [-0.2, -0.15) is 0 Å². The van der Waals surface area contributed by atoms with Gasteiger partial charge in [0.25, 0.3) is 11.1 Å². The van der Waals surface area contributed by atoms with Crippen molar-refractivity contribution in [2.75, 3.05) is 19.7 Å². The highest BCUT2D eigenvalue weighted by molar-refractivity contribution is 8.18. The van der Waals surface area contributed by atoms with Crippen LogP contribution in [0.2, 0.25) is 5.02 Å². The highest BCUT2D eigenvalue weighted by Crippen LogP contribution is 2.33. The van der Waals surface area contributed by atoms with Crippen molar-refractivity contribution < 1.29 is 29.0 Å². The minimum absolute atomic E-state index is 0.164. The Morgan fingerprint density at radius 2 is 2.07 bits per heavy atom. The molecule has 1 aliphatic heterocycles. The minimum atomic E-state index is -1.13. The van der Waals surface area contributed by atoms with Crippen LogP contribution in [0.3, 0.4) is 0 Å². The van der Waals surface area contributed by atoms with Gasteiger partial charge in [-0.05, 0) is 41.5 Å². The molecular formula is C18H19ClN2O6S. The molecule has 0 spiro atoms. The molecule has 1 fully saturated rings. The quantitative estimate of drug-likeness (QED) is 0.614. The van der Waals surface area contributed by atoms with E-state index >= 15 is 0 Å². The van der Waals surface area contributed by atoms with E-state index in [1.165, 1.54) is 18.2 Å². The number of nitrogens with one attached hydrogen (secondary N) is 1. The first-order valence-corrected chi connectivity index (χ1v) is 9.53. The summed E-state index contributed by atoms with van der Waals surface area (Å²) in [6.07, 6.45) is 1.48. The van der Waals surface area contributed by atoms with E-state index in [9.17, 15) is 19.2 Å². The average molecular weight is 427 g/mol. The Kier molecular flexibility index (Phi) is 7.47. The summed E-state index contributed by atoms with van der Waals surface area (Å²) in [5, 5.41) is 10.9. The van der Waals surface area contributed by atoms with Crippen LogP contribution in [0, 0.1) is 5.92 Å². The normalized spacial score (nSPS) is 15.4. The predicted molar refractivity (Wildman–Crippen MR) is 105 cm³/mol. The van der Waals surface area contributed by atoms with Gasteiger partial charge in [-0.3, -0.25) is 19.3 Å². The zero-order valence-electron chi connectivity index (χ0n) is 15.2. The lowest BCUT2D eigenvalue weighted by Gasteiger charge is -2.13. The van der Waals surface area contributed by atoms with Gasteiger partial charge in [0.05, 0.1) is 9.93 Å². The molecule has 0 saturated carbocycles. The fourth-order valence-corrected chi connectivity index (χ4v) is 3.25. The number of imide groups is 1. The number of nitrogens with zero attached hydrogens (tertiary/aromatic N) is 1. The summed E-state index contributed by atoms with van der Waals surface area (Å²) in [6, 6.07) is 4.54. The van der Waals surface area contributed by atoms with Crippen LogP contribution in [-0.2, 0) is 14.4 Å². The second kappa shape index (κ2) is 9.61. The molecule has 28 heavy (non-hydrogen) atoms. The lowest BCUT2D eigenvalue weighted by Crippen LogP contribution is -2.40. The first kappa shape index (κ1) is 21.8. The molecule has 1 aromatic rings. The van der Waals surface area contributed by atoms with Crippen molar-refractivity contribution in [1.29, 1.82) is 0 Å². The van der Waals surface area contributed by atoms with Crippen LogP contribution < -0.4 is 10.1 Å². The van der Waals surface area contributed by atoms with E-state index in [1.54, 1.807) is 6.07 Å². The monoisotopic (exact) mass is 426 g/mol. The molecule has 0 unspecified atom stereocenters. The number of hydrogen-bond donors (Lipinski definition) is 2. The molecule has 1 heterocycles. The number of thioether (sulfide) groups is 1. The lowest BCUT2D eigenvalue weighted by molar-refractivity contribution is -0.139. The lowest BCUT2D eigenvalue weighted by atomic mass is 10.2. The van der Waals surface area contributed by atoms with Crippen molar-refractivity contribution in [1.82, 2.24) is 10.2 Å². The number of carboxylic acids is 1. The molecule has 0 aliphatic carbocycles. The Bertz CT molecular complexity index is 839. The van der Waals surface area contributed by atoms with E-state index in [-0.39, 0.29) is 28.1 Å². The Morgan fingerprint density at radius 3 is 2.68 bits per heavy atom. The molecule has 3 amide bonds. The van der Waals surface area contributed by atoms with Gasteiger partial charge < -0.3 is 15.2 Å². The minimum Gasteiger partial charge on any atom is -0.480 e. The standard InChI is InChI=1S/C18H19ClN2O6S/c1-10(2)7-20-15(22)8-21-17(25)14(28-18(21)26)6-11-3-4-13(12(19)5-11)27-9-16(23)24/h3-6,10H,7-9H2,1-2H3,(H,20,22)(H,23,24)/b14-6-. The molecule has 1 aliphatic rings. The maximum Gasteiger partial charge on any atom is 0.341 e. The van der Waals surface area contributed by atoms with Crippen LogP contribution in [0.15, 0.2) is 23.1 Å². The molecule has 150 valence electrons. The summed E-state index contributed by atoms with van der Waals surface area (Å²) >= 11 is 6.79. The summed E-state index contributed by atoms with van der Waals surface area (Å²) in [5.74, 6) is -1.65. The maximum atomic E-state index is 12.4. The van der Waals surface area contributed by atoms with E-state index in [0.717, 1.165) is 16.7 Å². The van der Waals surface area contributed by atoms with Crippen molar-refractivity contribution in [2.24, 2.45) is 5.92 Å². The van der Waals surface area contributed by atoms with Gasteiger partial charge >= 0.3 is 5.97 Å². The number of halogens is 1. The molecule has 0 radical (unpaired) electrons. The SMILES string of the molecule is CC(C)CNC(=O)CN1C(=O)S/C(=C\c2ccc(OCC(=O)O)c(Cl)c2)C1=O. The van der Waals surface area contributed by atoms with Crippen molar-refractivity contribution in [3.63, 3.8) is 0 Å².